The summed E-state index contributed by atoms with van der Waals surface area (Å²) in [7, 11) is 1.54. The van der Waals surface area contributed by atoms with Crippen LogP contribution in [-0.2, 0) is 17.8 Å². The number of benzene rings is 1. The van der Waals surface area contributed by atoms with Gasteiger partial charge in [-0.1, -0.05) is 13.0 Å². The maximum Gasteiger partial charge on any atom is 0.123 e. The molecule has 0 amide bonds. The number of aryl methyl sites for hydroxylation is 1. The third kappa shape index (κ3) is 3.13. The number of hydroxylamine groups is 1. The SMILES string of the molecule is CCc1cc(F)cc(CNOC)c1. The second-order valence-electron chi connectivity index (χ2n) is 2.85. The summed E-state index contributed by atoms with van der Waals surface area (Å²) in [4.78, 5) is 4.69. The molecule has 0 radical (unpaired) electrons. The maximum absolute atomic E-state index is 13.0. The summed E-state index contributed by atoms with van der Waals surface area (Å²) < 4.78 is 13.0. The van der Waals surface area contributed by atoms with E-state index in [-0.39, 0.29) is 5.82 Å². The summed E-state index contributed by atoms with van der Waals surface area (Å²) in [6.45, 7) is 2.53. The minimum atomic E-state index is -0.188. The predicted octanol–water partition coefficient (Wildman–Crippen LogP) is 2.04. The van der Waals surface area contributed by atoms with E-state index >= 15 is 0 Å². The van der Waals surface area contributed by atoms with Crippen molar-refractivity contribution < 1.29 is 9.23 Å². The Bertz CT molecular complexity index is 276. The summed E-state index contributed by atoms with van der Waals surface area (Å²) in [5.74, 6) is -0.188. The molecule has 0 atom stereocenters. The van der Waals surface area contributed by atoms with Crippen LogP contribution in [0.1, 0.15) is 18.1 Å². The Balaban J connectivity index is 2.76. The van der Waals surface area contributed by atoms with Gasteiger partial charge in [0.05, 0.1) is 7.11 Å². The van der Waals surface area contributed by atoms with Crippen molar-refractivity contribution in [1.29, 1.82) is 0 Å². The number of halogens is 1. The quantitative estimate of drug-likeness (QED) is 0.721. The van der Waals surface area contributed by atoms with Gasteiger partial charge in [0.1, 0.15) is 5.82 Å². The lowest BCUT2D eigenvalue weighted by Gasteiger charge is -2.04. The number of hydrogen-bond donors (Lipinski definition) is 1. The van der Waals surface area contributed by atoms with E-state index in [0.29, 0.717) is 6.54 Å². The van der Waals surface area contributed by atoms with Crippen LogP contribution in [0.4, 0.5) is 4.39 Å². The molecule has 0 fully saturated rings. The Morgan fingerprint density at radius 3 is 2.62 bits per heavy atom. The molecular formula is C10H14FNO. The lowest BCUT2D eigenvalue weighted by atomic mass is 10.1. The van der Waals surface area contributed by atoms with Crippen molar-refractivity contribution in [3.8, 4) is 0 Å². The Labute approximate surface area is 77.7 Å². The lowest BCUT2D eigenvalue weighted by Crippen LogP contribution is -2.11. The van der Waals surface area contributed by atoms with Gasteiger partial charge in [-0.05, 0) is 29.7 Å². The van der Waals surface area contributed by atoms with E-state index in [2.05, 4.69) is 10.3 Å². The number of nitrogens with one attached hydrogen (secondary N) is 1. The monoisotopic (exact) mass is 183 g/mol. The summed E-state index contributed by atoms with van der Waals surface area (Å²) in [6.07, 6.45) is 0.845. The van der Waals surface area contributed by atoms with E-state index in [4.69, 9.17) is 0 Å². The molecule has 3 heteroatoms. The maximum atomic E-state index is 13.0. The van der Waals surface area contributed by atoms with Gasteiger partial charge in [-0.2, -0.15) is 5.48 Å². The van der Waals surface area contributed by atoms with Crippen LogP contribution in [0.2, 0.25) is 0 Å². The standard InChI is InChI=1S/C10H14FNO/c1-3-8-4-9(7-12-13-2)6-10(11)5-8/h4-6,12H,3,7H2,1-2H3. The van der Waals surface area contributed by atoms with Crippen LogP contribution in [-0.4, -0.2) is 7.11 Å². The molecule has 2 nitrogen and oxygen atoms in total. The fourth-order valence-electron chi connectivity index (χ4n) is 1.18. The first-order chi connectivity index (χ1) is 6.26. The summed E-state index contributed by atoms with van der Waals surface area (Å²) in [5, 5.41) is 0. The first kappa shape index (κ1) is 10.2. The van der Waals surface area contributed by atoms with Crippen LogP contribution >= 0.6 is 0 Å². The molecule has 72 valence electrons. The molecule has 0 bridgehead atoms. The average molecular weight is 183 g/mol. The zero-order chi connectivity index (χ0) is 9.68. The van der Waals surface area contributed by atoms with Gasteiger partial charge in [0.2, 0.25) is 0 Å². The van der Waals surface area contributed by atoms with Crippen LogP contribution in [0.15, 0.2) is 18.2 Å². The predicted molar refractivity (Wildman–Crippen MR) is 49.6 cm³/mol. The van der Waals surface area contributed by atoms with Crippen molar-refractivity contribution in [1.82, 2.24) is 5.48 Å². The molecule has 0 aliphatic carbocycles. The van der Waals surface area contributed by atoms with Crippen molar-refractivity contribution in [2.24, 2.45) is 0 Å². The molecule has 1 aromatic rings. The van der Waals surface area contributed by atoms with Crippen molar-refractivity contribution in [3.63, 3.8) is 0 Å². The van der Waals surface area contributed by atoms with Gasteiger partial charge in [-0.3, -0.25) is 0 Å². The molecule has 0 heterocycles. The van der Waals surface area contributed by atoms with Crippen LogP contribution in [0.5, 0.6) is 0 Å². The van der Waals surface area contributed by atoms with Gasteiger partial charge in [0.15, 0.2) is 0 Å². The van der Waals surface area contributed by atoms with Gasteiger partial charge < -0.3 is 4.84 Å². The zero-order valence-corrected chi connectivity index (χ0v) is 7.93. The van der Waals surface area contributed by atoms with Crippen LogP contribution in [0, 0.1) is 5.82 Å². The highest BCUT2D eigenvalue weighted by Crippen LogP contribution is 2.09. The number of rotatable bonds is 4. The molecule has 0 spiro atoms. The topological polar surface area (TPSA) is 21.3 Å². The summed E-state index contributed by atoms with van der Waals surface area (Å²) in [5.41, 5.74) is 4.59. The van der Waals surface area contributed by atoms with Gasteiger partial charge >= 0.3 is 0 Å². The van der Waals surface area contributed by atoms with Crippen molar-refractivity contribution in [2.45, 2.75) is 19.9 Å². The molecule has 0 aliphatic rings. The van der Waals surface area contributed by atoms with Crippen molar-refractivity contribution in [2.75, 3.05) is 7.11 Å². The Hall–Kier alpha value is -0.930. The van der Waals surface area contributed by atoms with E-state index in [0.717, 1.165) is 17.5 Å². The van der Waals surface area contributed by atoms with Crippen LogP contribution in [0.3, 0.4) is 0 Å². The first-order valence-electron chi connectivity index (χ1n) is 4.30. The molecule has 0 saturated heterocycles. The lowest BCUT2D eigenvalue weighted by molar-refractivity contribution is 0.0866. The molecule has 0 unspecified atom stereocenters. The van der Waals surface area contributed by atoms with Crippen molar-refractivity contribution >= 4 is 0 Å². The van der Waals surface area contributed by atoms with Crippen LogP contribution in [0.25, 0.3) is 0 Å². The number of hydrogen-bond acceptors (Lipinski definition) is 2. The molecule has 1 aromatic carbocycles. The molecule has 0 saturated carbocycles. The highest BCUT2D eigenvalue weighted by molar-refractivity contribution is 5.24. The van der Waals surface area contributed by atoms with E-state index in [9.17, 15) is 4.39 Å². The van der Waals surface area contributed by atoms with Gasteiger partial charge in [-0.25, -0.2) is 4.39 Å². The van der Waals surface area contributed by atoms with E-state index in [1.807, 2.05) is 13.0 Å². The Kier molecular flexibility index (Phi) is 3.86. The molecular weight excluding hydrogens is 169 g/mol. The molecule has 0 aromatic heterocycles. The summed E-state index contributed by atoms with van der Waals surface area (Å²) >= 11 is 0. The first-order valence-corrected chi connectivity index (χ1v) is 4.30. The largest absolute Gasteiger partial charge is 0.305 e. The van der Waals surface area contributed by atoms with Gasteiger partial charge in [0.25, 0.3) is 0 Å². The van der Waals surface area contributed by atoms with E-state index < -0.39 is 0 Å². The van der Waals surface area contributed by atoms with Gasteiger partial charge in [-0.15, -0.1) is 0 Å². The highest BCUT2D eigenvalue weighted by atomic mass is 19.1. The smallest absolute Gasteiger partial charge is 0.123 e. The van der Waals surface area contributed by atoms with Crippen molar-refractivity contribution in [3.05, 3.63) is 35.1 Å². The van der Waals surface area contributed by atoms with E-state index in [1.54, 1.807) is 13.2 Å². The fourth-order valence-corrected chi connectivity index (χ4v) is 1.18. The Morgan fingerprint density at radius 1 is 1.31 bits per heavy atom. The average Bonchev–Trinajstić information content (AvgIpc) is 2.14. The summed E-state index contributed by atoms with van der Waals surface area (Å²) in [6, 6.07) is 5.02. The third-order valence-electron chi connectivity index (χ3n) is 1.85. The molecule has 0 aliphatic heterocycles. The van der Waals surface area contributed by atoms with E-state index in [1.165, 1.54) is 6.07 Å². The fraction of sp³-hybridized carbons (Fsp3) is 0.400. The minimum absolute atomic E-state index is 0.188. The van der Waals surface area contributed by atoms with Crippen LogP contribution < -0.4 is 5.48 Å². The Morgan fingerprint density at radius 2 is 2.00 bits per heavy atom. The second kappa shape index (κ2) is 4.94. The second-order valence-corrected chi connectivity index (χ2v) is 2.85. The zero-order valence-electron chi connectivity index (χ0n) is 7.93. The third-order valence-corrected chi connectivity index (χ3v) is 1.85. The van der Waals surface area contributed by atoms with Gasteiger partial charge in [0, 0.05) is 6.54 Å². The molecule has 1 N–H and O–H groups in total. The highest BCUT2D eigenvalue weighted by Gasteiger charge is 1.98. The molecule has 1 rings (SSSR count). The minimum Gasteiger partial charge on any atom is -0.305 e. The normalized spacial score (nSPS) is 10.4. The molecule has 13 heavy (non-hydrogen) atoms.